The zero-order chi connectivity index (χ0) is 10.7. The predicted octanol–water partition coefficient (Wildman–Crippen LogP) is 2.11. The average molecular weight is 210 g/mol. The Kier molecular flexibility index (Phi) is 4.04. The van der Waals surface area contributed by atoms with Crippen LogP contribution in [0.4, 0.5) is 0 Å². The molecular formula is C13H26N2. The maximum atomic E-state index is 3.75. The summed E-state index contributed by atoms with van der Waals surface area (Å²) < 4.78 is 0. The fourth-order valence-electron chi connectivity index (χ4n) is 2.83. The van der Waals surface area contributed by atoms with Gasteiger partial charge < -0.3 is 10.2 Å². The van der Waals surface area contributed by atoms with E-state index < -0.39 is 0 Å². The minimum atomic E-state index is 0.716. The van der Waals surface area contributed by atoms with Crippen molar-refractivity contribution in [2.75, 3.05) is 26.7 Å². The van der Waals surface area contributed by atoms with Crippen molar-refractivity contribution in [3.05, 3.63) is 0 Å². The van der Waals surface area contributed by atoms with Gasteiger partial charge in [-0.2, -0.15) is 0 Å². The number of nitrogens with zero attached hydrogens (tertiary/aromatic N) is 1. The molecule has 2 fully saturated rings. The van der Waals surface area contributed by atoms with Crippen molar-refractivity contribution in [3.8, 4) is 0 Å². The third kappa shape index (κ3) is 3.18. The fraction of sp³-hybridized carbons (Fsp3) is 1.00. The van der Waals surface area contributed by atoms with Crippen LogP contribution < -0.4 is 5.32 Å². The van der Waals surface area contributed by atoms with Crippen molar-refractivity contribution < 1.29 is 0 Å². The summed E-state index contributed by atoms with van der Waals surface area (Å²) in [5, 5.41) is 3.75. The molecule has 1 aliphatic carbocycles. The summed E-state index contributed by atoms with van der Waals surface area (Å²) in [6.07, 6.45) is 7.20. The van der Waals surface area contributed by atoms with E-state index in [1.807, 2.05) is 0 Å². The Balaban J connectivity index is 1.66. The van der Waals surface area contributed by atoms with Gasteiger partial charge in [-0.3, -0.25) is 0 Å². The van der Waals surface area contributed by atoms with E-state index in [2.05, 4.69) is 24.2 Å². The summed E-state index contributed by atoms with van der Waals surface area (Å²) in [5.74, 6) is 1.87. The highest BCUT2D eigenvalue weighted by molar-refractivity contribution is 4.81. The number of hydrogen-bond donors (Lipinski definition) is 1. The molecule has 2 rings (SSSR count). The summed E-state index contributed by atoms with van der Waals surface area (Å²) in [4.78, 5) is 2.48. The lowest BCUT2D eigenvalue weighted by molar-refractivity contribution is 0.171. The van der Waals surface area contributed by atoms with Crippen LogP contribution in [0.1, 0.15) is 39.0 Å². The van der Waals surface area contributed by atoms with Gasteiger partial charge in [-0.15, -0.1) is 0 Å². The zero-order valence-corrected chi connectivity index (χ0v) is 10.3. The van der Waals surface area contributed by atoms with Crippen LogP contribution in [-0.4, -0.2) is 37.6 Å². The molecule has 88 valence electrons. The first kappa shape index (κ1) is 11.4. The van der Waals surface area contributed by atoms with E-state index in [9.17, 15) is 0 Å². The Labute approximate surface area is 94.4 Å². The number of likely N-dealkylation sites (tertiary alicyclic amines) is 1. The van der Waals surface area contributed by atoms with Crippen LogP contribution in [0.5, 0.6) is 0 Å². The smallest absolute Gasteiger partial charge is 0.00793 e. The van der Waals surface area contributed by atoms with Gasteiger partial charge in [-0.1, -0.05) is 6.42 Å². The van der Waals surface area contributed by atoms with Gasteiger partial charge in [0.1, 0.15) is 0 Å². The topological polar surface area (TPSA) is 15.3 Å². The zero-order valence-electron chi connectivity index (χ0n) is 10.3. The average Bonchev–Trinajstić information content (AvgIpc) is 2.15. The molecule has 2 atom stereocenters. The van der Waals surface area contributed by atoms with Crippen molar-refractivity contribution in [2.45, 2.75) is 45.1 Å². The quantitative estimate of drug-likeness (QED) is 0.764. The molecule has 1 aliphatic heterocycles. The third-order valence-corrected chi connectivity index (χ3v) is 4.32. The summed E-state index contributed by atoms with van der Waals surface area (Å²) in [7, 11) is 2.25. The summed E-state index contributed by atoms with van der Waals surface area (Å²) >= 11 is 0. The molecule has 2 nitrogen and oxygen atoms in total. The SMILES string of the molecule is CC(NCC1CCC1)C1CCCN(C)C1. The lowest BCUT2D eigenvalue weighted by atomic mass is 9.84. The Morgan fingerprint density at radius 3 is 2.67 bits per heavy atom. The third-order valence-electron chi connectivity index (χ3n) is 4.32. The Morgan fingerprint density at radius 2 is 2.07 bits per heavy atom. The minimum absolute atomic E-state index is 0.716. The Hall–Kier alpha value is -0.0800. The largest absolute Gasteiger partial charge is 0.314 e. The van der Waals surface area contributed by atoms with Gasteiger partial charge in [0.25, 0.3) is 0 Å². The first-order valence-electron chi connectivity index (χ1n) is 6.67. The lowest BCUT2D eigenvalue weighted by Gasteiger charge is -2.35. The van der Waals surface area contributed by atoms with Gasteiger partial charge in [0.15, 0.2) is 0 Å². The van der Waals surface area contributed by atoms with E-state index in [1.165, 1.54) is 51.7 Å². The first-order valence-corrected chi connectivity index (χ1v) is 6.67. The second kappa shape index (κ2) is 5.31. The van der Waals surface area contributed by atoms with Gasteiger partial charge in [0.05, 0.1) is 0 Å². The molecule has 0 spiro atoms. The van der Waals surface area contributed by atoms with Gasteiger partial charge in [-0.25, -0.2) is 0 Å². The Bertz CT molecular complexity index is 189. The molecule has 2 heteroatoms. The van der Waals surface area contributed by atoms with E-state index >= 15 is 0 Å². The molecule has 0 aromatic carbocycles. The van der Waals surface area contributed by atoms with Crippen LogP contribution in [0.3, 0.4) is 0 Å². The van der Waals surface area contributed by atoms with Crippen molar-refractivity contribution in [2.24, 2.45) is 11.8 Å². The molecule has 1 N–H and O–H groups in total. The lowest BCUT2D eigenvalue weighted by Crippen LogP contribution is -2.44. The fourth-order valence-corrected chi connectivity index (χ4v) is 2.83. The maximum absolute atomic E-state index is 3.75. The minimum Gasteiger partial charge on any atom is -0.314 e. The van der Waals surface area contributed by atoms with Crippen LogP contribution in [0.2, 0.25) is 0 Å². The van der Waals surface area contributed by atoms with Gasteiger partial charge in [0, 0.05) is 12.6 Å². The molecule has 1 heterocycles. The summed E-state index contributed by atoms with van der Waals surface area (Å²) in [6.45, 7) is 6.23. The molecule has 0 aromatic heterocycles. The molecule has 0 amide bonds. The van der Waals surface area contributed by atoms with Gasteiger partial charge in [0.2, 0.25) is 0 Å². The van der Waals surface area contributed by atoms with Crippen LogP contribution in [-0.2, 0) is 0 Å². The molecule has 0 radical (unpaired) electrons. The van der Waals surface area contributed by atoms with Crippen molar-refractivity contribution in [1.82, 2.24) is 10.2 Å². The molecule has 1 saturated heterocycles. The standard InChI is InChI=1S/C13H26N2/c1-11(14-9-12-5-3-6-12)13-7-4-8-15(2)10-13/h11-14H,3-10H2,1-2H3. The summed E-state index contributed by atoms with van der Waals surface area (Å²) in [5.41, 5.74) is 0. The van der Waals surface area contributed by atoms with Crippen molar-refractivity contribution in [1.29, 1.82) is 0 Å². The molecular weight excluding hydrogens is 184 g/mol. The van der Waals surface area contributed by atoms with Crippen molar-refractivity contribution in [3.63, 3.8) is 0 Å². The molecule has 2 aliphatic rings. The molecule has 1 saturated carbocycles. The number of rotatable bonds is 4. The van der Waals surface area contributed by atoms with Gasteiger partial charge in [-0.05, 0) is 64.6 Å². The molecule has 0 bridgehead atoms. The summed E-state index contributed by atoms with van der Waals surface area (Å²) in [6, 6.07) is 0.716. The van der Waals surface area contributed by atoms with E-state index in [0.717, 1.165) is 11.8 Å². The highest BCUT2D eigenvalue weighted by atomic mass is 15.1. The predicted molar refractivity (Wildman–Crippen MR) is 65.0 cm³/mol. The van der Waals surface area contributed by atoms with E-state index in [4.69, 9.17) is 0 Å². The van der Waals surface area contributed by atoms with Gasteiger partial charge >= 0.3 is 0 Å². The number of piperidine rings is 1. The van der Waals surface area contributed by atoms with Crippen LogP contribution >= 0.6 is 0 Å². The second-order valence-corrected chi connectivity index (χ2v) is 5.66. The van der Waals surface area contributed by atoms with Crippen LogP contribution in [0, 0.1) is 11.8 Å². The Morgan fingerprint density at radius 1 is 1.27 bits per heavy atom. The van der Waals surface area contributed by atoms with E-state index in [1.54, 1.807) is 0 Å². The van der Waals surface area contributed by atoms with Crippen LogP contribution in [0.15, 0.2) is 0 Å². The normalized spacial score (nSPS) is 31.2. The second-order valence-electron chi connectivity index (χ2n) is 5.66. The van der Waals surface area contributed by atoms with Crippen molar-refractivity contribution >= 4 is 0 Å². The van der Waals surface area contributed by atoms with E-state index in [-0.39, 0.29) is 0 Å². The molecule has 0 aromatic rings. The molecule has 15 heavy (non-hydrogen) atoms. The van der Waals surface area contributed by atoms with E-state index in [0.29, 0.717) is 6.04 Å². The first-order chi connectivity index (χ1) is 7.25. The number of hydrogen-bond acceptors (Lipinski definition) is 2. The van der Waals surface area contributed by atoms with Crippen LogP contribution in [0.25, 0.3) is 0 Å². The highest BCUT2D eigenvalue weighted by Gasteiger charge is 2.24. The number of nitrogens with one attached hydrogen (secondary N) is 1. The molecule has 2 unspecified atom stereocenters. The maximum Gasteiger partial charge on any atom is 0.00793 e. The monoisotopic (exact) mass is 210 g/mol. The highest BCUT2D eigenvalue weighted by Crippen LogP contribution is 2.26.